The molecular weight excluding hydrogens is 206 g/mol. The lowest BCUT2D eigenvalue weighted by Crippen LogP contribution is -2.46. The minimum atomic E-state index is -0.925. The SMILES string of the molecule is CC(C)n1cncc1CNC(C)(C)C(=O)O. The zero-order valence-electron chi connectivity index (χ0n) is 10.2. The highest BCUT2D eigenvalue weighted by Gasteiger charge is 2.26. The molecule has 0 aliphatic rings. The van der Waals surface area contributed by atoms with Gasteiger partial charge in [0.2, 0.25) is 0 Å². The average Bonchev–Trinajstić information content (AvgIpc) is 2.62. The smallest absolute Gasteiger partial charge is 0.323 e. The van der Waals surface area contributed by atoms with Crippen molar-refractivity contribution in [3.05, 3.63) is 18.2 Å². The highest BCUT2D eigenvalue weighted by Crippen LogP contribution is 2.10. The molecular formula is C11H19N3O2. The van der Waals surface area contributed by atoms with Crippen molar-refractivity contribution in [2.45, 2.75) is 45.8 Å². The summed E-state index contributed by atoms with van der Waals surface area (Å²) in [5.74, 6) is -0.858. The quantitative estimate of drug-likeness (QED) is 0.795. The summed E-state index contributed by atoms with van der Waals surface area (Å²) in [6.07, 6.45) is 3.51. The molecule has 0 atom stereocenters. The summed E-state index contributed by atoms with van der Waals surface area (Å²) in [5.41, 5.74) is 0.0656. The molecule has 1 aromatic heterocycles. The Morgan fingerprint density at radius 1 is 1.62 bits per heavy atom. The molecule has 0 bridgehead atoms. The number of aromatic nitrogens is 2. The first-order valence-corrected chi connectivity index (χ1v) is 5.33. The zero-order chi connectivity index (χ0) is 12.3. The molecule has 0 amide bonds. The molecule has 0 aromatic carbocycles. The number of hydrogen-bond donors (Lipinski definition) is 2. The Balaban J connectivity index is 2.68. The number of carbonyl (C=O) groups is 1. The fraction of sp³-hybridized carbons (Fsp3) is 0.636. The van der Waals surface area contributed by atoms with Gasteiger partial charge in [0.05, 0.1) is 12.0 Å². The first-order chi connectivity index (χ1) is 7.34. The van der Waals surface area contributed by atoms with E-state index in [2.05, 4.69) is 24.1 Å². The van der Waals surface area contributed by atoms with Gasteiger partial charge in [-0.3, -0.25) is 10.1 Å². The van der Waals surface area contributed by atoms with E-state index in [1.165, 1.54) is 0 Å². The maximum atomic E-state index is 10.9. The fourth-order valence-corrected chi connectivity index (χ4v) is 1.32. The summed E-state index contributed by atoms with van der Waals surface area (Å²) < 4.78 is 2.02. The van der Waals surface area contributed by atoms with Gasteiger partial charge in [0.15, 0.2) is 0 Å². The molecule has 5 nitrogen and oxygen atoms in total. The number of carboxylic acid groups (broad SMARTS) is 1. The van der Waals surface area contributed by atoms with Crippen LogP contribution in [0.15, 0.2) is 12.5 Å². The van der Waals surface area contributed by atoms with Gasteiger partial charge in [-0.2, -0.15) is 0 Å². The van der Waals surface area contributed by atoms with E-state index in [0.29, 0.717) is 12.6 Å². The molecule has 5 heteroatoms. The van der Waals surface area contributed by atoms with Crippen LogP contribution in [0.3, 0.4) is 0 Å². The Hall–Kier alpha value is -1.36. The Kier molecular flexibility index (Phi) is 3.70. The zero-order valence-corrected chi connectivity index (χ0v) is 10.2. The van der Waals surface area contributed by atoms with E-state index in [1.807, 2.05) is 4.57 Å². The molecule has 0 saturated heterocycles. The van der Waals surface area contributed by atoms with Crippen molar-refractivity contribution in [3.63, 3.8) is 0 Å². The third kappa shape index (κ3) is 2.82. The van der Waals surface area contributed by atoms with Gasteiger partial charge in [-0.15, -0.1) is 0 Å². The van der Waals surface area contributed by atoms with Crippen molar-refractivity contribution >= 4 is 5.97 Å². The van der Waals surface area contributed by atoms with Crippen LogP contribution in [0.2, 0.25) is 0 Å². The molecule has 0 radical (unpaired) electrons. The largest absolute Gasteiger partial charge is 0.480 e. The van der Waals surface area contributed by atoms with Crippen molar-refractivity contribution in [2.24, 2.45) is 0 Å². The first kappa shape index (κ1) is 12.7. The maximum Gasteiger partial charge on any atom is 0.323 e. The third-order valence-corrected chi connectivity index (χ3v) is 2.55. The Labute approximate surface area is 95.5 Å². The van der Waals surface area contributed by atoms with E-state index in [1.54, 1.807) is 26.4 Å². The molecule has 0 saturated carbocycles. The Bertz CT molecular complexity index is 369. The van der Waals surface area contributed by atoms with Gasteiger partial charge in [0.25, 0.3) is 0 Å². The Morgan fingerprint density at radius 2 is 2.25 bits per heavy atom. The molecule has 1 heterocycles. The van der Waals surface area contributed by atoms with Gasteiger partial charge in [0.1, 0.15) is 5.54 Å². The summed E-state index contributed by atoms with van der Waals surface area (Å²) in [4.78, 5) is 15.0. The third-order valence-electron chi connectivity index (χ3n) is 2.55. The first-order valence-electron chi connectivity index (χ1n) is 5.33. The lowest BCUT2D eigenvalue weighted by molar-refractivity contribution is -0.143. The average molecular weight is 225 g/mol. The summed E-state index contributed by atoms with van der Waals surface area (Å²) in [6, 6.07) is 0.326. The van der Waals surface area contributed by atoms with Gasteiger partial charge < -0.3 is 9.67 Å². The standard InChI is InChI=1S/C11H19N3O2/c1-8(2)14-7-12-5-9(14)6-13-11(3,4)10(15)16/h5,7-8,13H,6H2,1-4H3,(H,15,16). The van der Waals surface area contributed by atoms with Gasteiger partial charge in [-0.25, -0.2) is 4.98 Å². The number of nitrogens with one attached hydrogen (secondary N) is 1. The molecule has 0 fully saturated rings. The molecule has 2 N–H and O–H groups in total. The minimum Gasteiger partial charge on any atom is -0.480 e. The van der Waals surface area contributed by atoms with Crippen LogP contribution in [0.25, 0.3) is 0 Å². The topological polar surface area (TPSA) is 67.2 Å². The van der Waals surface area contributed by atoms with Crippen LogP contribution in [0.5, 0.6) is 0 Å². The summed E-state index contributed by atoms with van der Waals surface area (Å²) in [6.45, 7) is 7.91. The molecule has 1 rings (SSSR count). The van der Waals surface area contributed by atoms with E-state index < -0.39 is 11.5 Å². The molecule has 0 unspecified atom stereocenters. The lowest BCUT2D eigenvalue weighted by Gasteiger charge is -2.22. The predicted molar refractivity (Wildman–Crippen MR) is 61.2 cm³/mol. The fourth-order valence-electron chi connectivity index (χ4n) is 1.32. The van der Waals surface area contributed by atoms with Gasteiger partial charge in [-0.1, -0.05) is 0 Å². The van der Waals surface area contributed by atoms with Gasteiger partial charge in [-0.05, 0) is 27.7 Å². The van der Waals surface area contributed by atoms with Crippen LogP contribution >= 0.6 is 0 Å². The van der Waals surface area contributed by atoms with Crippen molar-refractivity contribution in [2.75, 3.05) is 0 Å². The van der Waals surface area contributed by atoms with Crippen LogP contribution in [0.4, 0.5) is 0 Å². The minimum absolute atomic E-state index is 0.326. The summed E-state index contributed by atoms with van der Waals surface area (Å²) in [7, 11) is 0. The van der Waals surface area contributed by atoms with Gasteiger partial charge >= 0.3 is 5.97 Å². The van der Waals surface area contributed by atoms with Crippen molar-refractivity contribution < 1.29 is 9.90 Å². The van der Waals surface area contributed by atoms with Gasteiger partial charge in [0, 0.05) is 18.8 Å². The van der Waals surface area contributed by atoms with Crippen molar-refractivity contribution in [3.8, 4) is 0 Å². The number of carboxylic acids is 1. The number of nitrogens with zero attached hydrogens (tertiary/aromatic N) is 2. The van der Waals surface area contributed by atoms with Crippen LogP contribution in [-0.2, 0) is 11.3 Å². The number of hydrogen-bond acceptors (Lipinski definition) is 3. The second kappa shape index (κ2) is 4.65. The predicted octanol–water partition coefficient (Wildman–Crippen LogP) is 1.42. The number of imidazole rings is 1. The second-order valence-electron chi connectivity index (χ2n) is 4.67. The van der Waals surface area contributed by atoms with E-state index in [9.17, 15) is 4.79 Å². The maximum absolute atomic E-state index is 10.9. The van der Waals surface area contributed by atoms with E-state index in [-0.39, 0.29) is 0 Å². The molecule has 1 aromatic rings. The second-order valence-corrected chi connectivity index (χ2v) is 4.67. The number of aliphatic carboxylic acids is 1. The molecule has 90 valence electrons. The van der Waals surface area contributed by atoms with E-state index >= 15 is 0 Å². The lowest BCUT2D eigenvalue weighted by atomic mass is 10.1. The van der Waals surface area contributed by atoms with Crippen molar-refractivity contribution in [1.29, 1.82) is 0 Å². The summed E-state index contributed by atoms with van der Waals surface area (Å²) in [5, 5.41) is 12.0. The highest BCUT2D eigenvalue weighted by molar-refractivity contribution is 5.77. The summed E-state index contributed by atoms with van der Waals surface area (Å²) >= 11 is 0. The molecule has 16 heavy (non-hydrogen) atoms. The molecule has 0 spiro atoms. The highest BCUT2D eigenvalue weighted by atomic mass is 16.4. The monoisotopic (exact) mass is 225 g/mol. The van der Waals surface area contributed by atoms with Crippen LogP contribution < -0.4 is 5.32 Å². The normalized spacial score (nSPS) is 12.1. The van der Waals surface area contributed by atoms with E-state index in [0.717, 1.165) is 5.69 Å². The van der Waals surface area contributed by atoms with E-state index in [4.69, 9.17) is 5.11 Å². The molecule has 0 aliphatic carbocycles. The molecule has 0 aliphatic heterocycles. The van der Waals surface area contributed by atoms with Crippen LogP contribution in [0.1, 0.15) is 39.4 Å². The van der Waals surface area contributed by atoms with Crippen LogP contribution in [-0.4, -0.2) is 26.2 Å². The Morgan fingerprint density at radius 3 is 2.75 bits per heavy atom. The number of rotatable bonds is 5. The van der Waals surface area contributed by atoms with Crippen LogP contribution in [0, 0.1) is 0 Å². The van der Waals surface area contributed by atoms with Crippen molar-refractivity contribution in [1.82, 2.24) is 14.9 Å².